The van der Waals surface area contributed by atoms with Crippen molar-refractivity contribution in [3.63, 3.8) is 0 Å². The molecule has 0 saturated carbocycles. The number of hydrogen-bond donors (Lipinski definition) is 3. The molecule has 0 spiro atoms. The first-order chi connectivity index (χ1) is 16.5. The third-order valence-corrected chi connectivity index (χ3v) is 6.80. The van der Waals surface area contributed by atoms with Gasteiger partial charge in [0.15, 0.2) is 17.1 Å². The van der Waals surface area contributed by atoms with Gasteiger partial charge in [0, 0.05) is 42.9 Å². The standard InChI is InChI=1S/C25H26BrN5O3/c1-34-22-8-4-5-16(24(22)33)15-30-11-9-17(10-12-30)28-23-13-20(18-6-2-3-7-21(18)32)29-25-19(26)14-27-31(23)25/h2-8,13-14,17,28,32-33H,9-12,15H2,1H3. The highest BCUT2D eigenvalue weighted by Gasteiger charge is 2.22. The number of likely N-dealkylation sites (tertiary alicyclic amines) is 1. The number of fused-ring (bicyclic) bond motifs is 1. The highest BCUT2D eigenvalue weighted by Crippen LogP contribution is 2.33. The predicted octanol–water partition coefficient (Wildman–Crippen LogP) is 4.66. The maximum atomic E-state index is 10.4. The number of nitrogens with zero attached hydrogens (tertiary/aromatic N) is 4. The van der Waals surface area contributed by atoms with Crippen LogP contribution in [0, 0.1) is 0 Å². The van der Waals surface area contributed by atoms with Crippen LogP contribution < -0.4 is 10.1 Å². The molecular weight excluding hydrogens is 498 g/mol. The van der Waals surface area contributed by atoms with Crippen molar-refractivity contribution < 1.29 is 14.9 Å². The van der Waals surface area contributed by atoms with Gasteiger partial charge >= 0.3 is 0 Å². The fourth-order valence-electron chi connectivity index (χ4n) is 4.41. The Morgan fingerprint density at radius 1 is 1.12 bits per heavy atom. The number of aromatic hydroxyl groups is 2. The second kappa shape index (κ2) is 9.52. The Labute approximate surface area is 205 Å². The van der Waals surface area contributed by atoms with Gasteiger partial charge in [0.2, 0.25) is 0 Å². The lowest BCUT2D eigenvalue weighted by molar-refractivity contribution is 0.208. The Morgan fingerprint density at radius 2 is 1.91 bits per heavy atom. The second-order valence-corrected chi connectivity index (χ2v) is 9.29. The van der Waals surface area contributed by atoms with E-state index < -0.39 is 0 Å². The number of anilines is 1. The monoisotopic (exact) mass is 523 g/mol. The molecule has 2 aromatic carbocycles. The van der Waals surface area contributed by atoms with Crippen LogP contribution in [0.2, 0.25) is 0 Å². The van der Waals surface area contributed by atoms with Gasteiger partial charge in [-0.2, -0.15) is 9.61 Å². The van der Waals surface area contributed by atoms with E-state index in [1.165, 1.54) is 0 Å². The minimum absolute atomic E-state index is 0.190. The van der Waals surface area contributed by atoms with Crippen molar-refractivity contribution in [1.82, 2.24) is 19.5 Å². The largest absolute Gasteiger partial charge is 0.507 e. The molecule has 1 saturated heterocycles. The van der Waals surface area contributed by atoms with E-state index in [4.69, 9.17) is 9.72 Å². The molecule has 0 unspecified atom stereocenters. The molecular formula is C25H26BrN5O3. The van der Waals surface area contributed by atoms with Crippen molar-refractivity contribution in [3.05, 3.63) is 64.8 Å². The van der Waals surface area contributed by atoms with Crippen molar-refractivity contribution in [2.24, 2.45) is 0 Å². The SMILES string of the molecule is COc1cccc(CN2CCC(Nc3cc(-c4ccccc4O)nc4c(Br)cnn34)CC2)c1O. The van der Waals surface area contributed by atoms with Gasteiger partial charge < -0.3 is 20.3 Å². The number of aromatic nitrogens is 3. The summed E-state index contributed by atoms with van der Waals surface area (Å²) >= 11 is 3.53. The molecule has 5 rings (SSSR count). The first-order valence-electron chi connectivity index (χ1n) is 11.2. The molecule has 0 atom stereocenters. The van der Waals surface area contributed by atoms with Crippen LogP contribution in [0.4, 0.5) is 5.82 Å². The molecule has 0 amide bonds. The van der Waals surface area contributed by atoms with E-state index in [0.29, 0.717) is 29.2 Å². The molecule has 34 heavy (non-hydrogen) atoms. The summed E-state index contributed by atoms with van der Waals surface area (Å²) in [4.78, 5) is 7.05. The van der Waals surface area contributed by atoms with Crippen LogP contribution in [-0.2, 0) is 6.54 Å². The van der Waals surface area contributed by atoms with E-state index in [9.17, 15) is 10.2 Å². The number of para-hydroxylation sites is 2. The Balaban J connectivity index is 1.32. The minimum atomic E-state index is 0.190. The topological polar surface area (TPSA) is 95.2 Å². The Morgan fingerprint density at radius 3 is 2.68 bits per heavy atom. The zero-order chi connectivity index (χ0) is 23.7. The van der Waals surface area contributed by atoms with Crippen LogP contribution in [0.3, 0.4) is 0 Å². The molecule has 1 aliphatic rings. The van der Waals surface area contributed by atoms with E-state index in [1.54, 1.807) is 36.0 Å². The number of hydrogen-bond acceptors (Lipinski definition) is 7. The van der Waals surface area contributed by atoms with Gasteiger partial charge in [0.05, 0.1) is 23.5 Å². The summed E-state index contributed by atoms with van der Waals surface area (Å²) in [5, 5.41) is 28.9. The van der Waals surface area contributed by atoms with E-state index in [2.05, 4.69) is 31.2 Å². The maximum Gasteiger partial charge on any atom is 0.172 e. The number of nitrogens with one attached hydrogen (secondary N) is 1. The number of methoxy groups -OCH3 is 1. The molecule has 8 nitrogen and oxygen atoms in total. The number of piperidine rings is 1. The Kier molecular flexibility index (Phi) is 6.30. The number of halogens is 1. The summed E-state index contributed by atoms with van der Waals surface area (Å²) in [6.07, 6.45) is 3.62. The second-order valence-electron chi connectivity index (χ2n) is 8.43. The molecule has 0 radical (unpaired) electrons. The smallest absolute Gasteiger partial charge is 0.172 e. The predicted molar refractivity (Wildman–Crippen MR) is 134 cm³/mol. The molecule has 4 aromatic rings. The summed E-state index contributed by atoms with van der Waals surface area (Å²) in [6.45, 7) is 2.48. The van der Waals surface area contributed by atoms with Gasteiger partial charge in [-0.25, -0.2) is 4.98 Å². The van der Waals surface area contributed by atoms with Crippen LogP contribution in [0.1, 0.15) is 18.4 Å². The molecule has 0 bridgehead atoms. The average Bonchev–Trinajstić information content (AvgIpc) is 3.23. The zero-order valence-electron chi connectivity index (χ0n) is 18.8. The summed E-state index contributed by atoms with van der Waals surface area (Å²) in [7, 11) is 1.56. The highest BCUT2D eigenvalue weighted by atomic mass is 79.9. The molecule has 0 aliphatic carbocycles. The van der Waals surface area contributed by atoms with Crippen LogP contribution in [0.25, 0.3) is 16.9 Å². The molecule has 9 heteroatoms. The summed E-state index contributed by atoms with van der Waals surface area (Å²) in [5.74, 6) is 1.74. The lowest BCUT2D eigenvalue weighted by Crippen LogP contribution is -2.39. The zero-order valence-corrected chi connectivity index (χ0v) is 20.4. The number of phenolic OH excluding ortho intramolecular Hbond substituents is 2. The van der Waals surface area contributed by atoms with Crippen LogP contribution in [-0.4, -0.2) is 56.0 Å². The number of phenols is 2. The first-order valence-corrected chi connectivity index (χ1v) is 12.0. The molecule has 3 heterocycles. The van der Waals surface area contributed by atoms with E-state index in [0.717, 1.165) is 41.8 Å². The molecule has 2 aromatic heterocycles. The van der Waals surface area contributed by atoms with Crippen molar-refractivity contribution in [1.29, 1.82) is 0 Å². The van der Waals surface area contributed by atoms with Gasteiger partial charge in [-0.05, 0) is 47.0 Å². The molecule has 1 aliphatic heterocycles. The Hall–Kier alpha value is -3.30. The number of ether oxygens (including phenoxy) is 1. The van der Waals surface area contributed by atoms with Crippen molar-refractivity contribution >= 4 is 27.4 Å². The minimum Gasteiger partial charge on any atom is -0.507 e. The maximum absolute atomic E-state index is 10.4. The molecule has 176 valence electrons. The fourth-order valence-corrected chi connectivity index (χ4v) is 4.76. The van der Waals surface area contributed by atoms with Crippen molar-refractivity contribution in [2.45, 2.75) is 25.4 Å². The lowest BCUT2D eigenvalue weighted by atomic mass is 10.0. The number of benzene rings is 2. The van der Waals surface area contributed by atoms with Crippen molar-refractivity contribution in [2.75, 3.05) is 25.5 Å². The van der Waals surface area contributed by atoms with Gasteiger partial charge in [-0.15, -0.1) is 0 Å². The van der Waals surface area contributed by atoms with E-state index >= 15 is 0 Å². The third-order valence-electron chi connectivity index (χ3n) is 6.24. The average molecular weight is 524 g/mol. The highest BCUT2D eigenvalue weighted by molar-refractivity contribution is 9.10. The van der Waals surface area contributed by atoms with E-state index in [-0.39, 0.29) is 17.5 Å². The van der Waals surface area contributed by atoms with Crippen LogP contribution in [0.15, 0.2) is 59.2 Å². The lowest BCUT2D eigenvalue weighted by Gasteiger charge is -2.33. The van der Waals surface area contributed by atoms with Gasteiger partial charge in [-0.3, -0.25) is 4.90 Å². The third kappa shape index (κ3) is 4.41. The summed E-state index contributed by atoms with van der Waals surface area (Å²) < 4.78 is 7.81. The molecule has 3 N–H and O–H groups in total. The number of rotatable bonds is 6. The quantitative estimate of drug-likeness (QED) is 0.338. The van der Waals surface area contributed by atoms with Gasteiger partial charge in [-0.1, -0.05) is 24.3 Å². The van der Waals surface area contributed by atoms with Crippen molar-refractivity contribution in [3.8, 4) is 28.5 Å². The first kappa shape index (κ1) is 22.5. The van der Waals surface area contributed by atoms with Crippen LogP contribution in [0.5, 0.6) is 17.2 Å². The normalized spacial score (nSPS) is 15.0. The van der Waals surface area contributed by atoms with Crippen LogP contribution >= 0.6 is 15.9 Å². The summed E-state index contributed by atoms with van der Waals surface area (Å²) in [6, 6.07) is 15.0. The summed E-state index contributed by atoms with van der Waals surface area (Å²) in [5.41, 5.74) is 2.92. The van der Waals surface area contributed by atoms with Gasteiger partial charge in [0.1, 0.15) is 11.6 Å². The molecule has 1 fully saturated rings. The van der Waals surface area contributed by atoms with E-state index in [1.807, 2.05) is 30.3 Å². The fraction of sp³-hybridized carbons (Fsp3) is 0.280. The van der Waals surface area contributed by atoms with Gasteiger partial charge in [0.25, 0.3) is 0 Å². The Bertz CT molecular complexity index is 1320.